The summed E-state index contributed by atoms with van der Waals surface area (Å²) in [6, 6.07) is 0.757. The normalized spacial score (nSPS) is 36.2. The topological polar surface area (TPSA) is 15.8 Å². The van der Waals surface area contributed by atoms with Crippen LogP contribution in [-0.4, -0.2) is 36.7 Å². The standard InChI is InChI=1S/C10H19NO/c1-8(2)6-11-5-3-4-9(11)10-7-12-10/h8-10H,3-7H2,1-2H3/t9-,10+/m1/s1. The van der Waals surface area contributed by atoms with Gasteiger partial charge in [-0.15, -0.1) is 0 Å². The van der Waals surface area contributed by atoms with E-state index in [4.69, 9.17) is 4.74 Å². The maximum atomic E-state index is 5.36. The Hall–Kier alpha value is -0.0800. The molecule has 12 heavy (non-hydrogen) atoms. The number of likely N-dealkylation sites (tertiary alicyclic amines) is 1. The van der Waals surface area contributed by atoms with Gasteiger partial charge in [-0.05, 0) is 25.3 Å². The zero-order valence-corrected chi connectivity index (χ0v) is 8.12. The largest absolute Gasteiger partial charge is 0.371 e. The minimum absolute atomic E-state index is 0.589. The molecule has 0 bridgehead atoms. The van der Waals surface area contributed by atoms with E-state index < -0.39 is 0 Å². The molecule has 2 aliphatic rings. The SMILES string of the molecule is CC(C)CN1CCC[C@@H]1[C@@H]1CO1. The predicted molar refractivity (Wildman–Crippen MR) is 49.2 cm³/mol. The second-order valence-electron chi connectivity index (χ2n) is 4.47. The van der Waals surface area contributed by atoms with Crippen molar-refractivity contribution in [3.8, 4) is 0 Å². The van der Waals surface area contributed by atoms with E-state index in [2.05, 4.69) is 18.7 Å². The van der Waals surface area contributed by atoms with Crippen LogP contribution >= 0.6 is 0 Å². The molecule has 2 heteroatoms. The Morgan fingerprint density at radius 2 is 2.25 bits per heavy atom. The highest BCUT2D eigenvalue weighted by atomic mass is 16.6. The van der Waals surface area contributed by atoms with E-state index in [1.165, 1.54) is 25.9 Å². The molecule has 2 saturated heterocycles. The highest BCUT2D eigenvalue weighted by Gasteiger charge is 2.39. The number of ether oxygens (including phenoxy) is 1. The molecule has 2 fully saturated rings. The van der Waals surface area contributed by atoms with E-state index in [9.17, 15) is 0 Å². The fourth-order valence-corrected chi connectivity index (χ4v) is 2.25. The Kier molecular flexibility index (Phi) is 2.37. The van der Waals surface area contributed by atoms with Crippen molar-refractivity contribution in [2.75, 3.05) is 19.7 Å². The van der Waals surface area contributed by atoms with Gasteiger partial charge < -0.3 is 4.74 Å². The van der Waals surface area contributed by atoms with Crippen molar-refractivity contribution in [3.63, 3.8) is 0 Å². The lowest BCUT2D eigenvalue weighted by Gasteiger charge is -2.24. The molecule has 0 amide bonds. The molecule has 2 nitrogen and oxygen atoms in total. The number of nitrogens with zero attached hydrogens (tertiary/aromatic N) is 1. The average Bonchev–Trinajstić information content (AvgIpc) is 2.73. The lowest BCUT2D eigenvalue weighted by molar-refractivity contribution is 0.190. The van der Waals surface area contributed by atoms with Crippen LogP contribution in [-0.2, 0) is 4.74 Å². The molecule has 70 valence electrons. The Bertz CT molecular complexity index is 154. The maximum absolute atomic E-state index is 5.36. The van der Waals surface area contributed by atoms with E-state index in [1.807, 2.05) is 0 Å². The first-order valence-corrected chi connectivity index (χ1v) is 5.13. The molecular weight excluding hydrogens is 150 g/mol. The molecule has 2 heterocycles. The third kappa shape index (κ3) is 1.80. The summed E-state index contributed by atoms with van der Waals surface area (Å²) in [6.07, 6.45) is 3.32. The molecule has 2 atom stereocenters. The van der Waals surface area contributed by atoms with Crippen LogP contribution in [0.5, 0.6) is 0 Å². The smallest absolute Gasteiger partial charge is 0.0964 e. The van der Waals surface area contributed by atoms with Gasteiger partial charge in [0.1, 0.15) is 0 Å². The van der Waals surface area contributed by atoms with Gasteiger partial charge >= 0.3 is 0 Å². The van der Waals surface area contributed by atoms with E-state index in [0.717, 1.165) is 18.6 Å². The van der Waals surface area contributed by atoms with Gasteiger partial charge in [0.2, 0.25) is 0 Å². The molecule has 0 aromatic rings. The van der Waals surface area contributed by atoms with E-state index >= 15 is 0 Å². The lowest BCUT2D eigenvalue weighted by atomic mass is 10.1. The summed E-state index contributed by atoms with van der Waals surface area (Å²) in [5.41, 5.74) is 0. The number of rotatable bonds is 3. The van der Waals surface area contributed by atoms with Crippen molar-refractivity contribution in [2.45, 2.75) is 38.8 Å². The maximum Gasteiger partial charge on any atom is 0.0964 e. The number of epoxide rings is 1. The van der Waals surface area contributed by atoms with Gasteiger partial charge in [-0.2, -0.15) is 0 Å². The van der Waals surface area contributed by atoms with Crippen LogP contribution < -0.4 is 0 Å². The summed E-state index contributed by atoms with van der Waals surface area (Å²) in [7, 11) is 0. The second-order valence-corrected chi connectivity index (χ2v) is 4.47. The summed E-state index contributed by atoms with van der Waals surface area (Å²) in [5.74, 6) is 0.796. The van der Waals surface area contributed by atoms with Crippen LogP contribution in [0, 0.1) is 5.92 Å². The predicted octanol–water partition coefficient (Wildman–Crippen LogP) is 1.51. The van der Waals surface area contributed by atoms with Crippen molar-refractivity contribution in [1.29, 1.82) is 0 Å². The molecule has 0 N–H and O–H groups in total. The van der Waals surface area contributed by atoms with Crippen LogP contribution in [0.3, 0.4) is 0 Å². The molecule has 0 unspecified atom stereocenters. The van der Waals surface area contributed by atoms with Crippen LogP contribution in [0.4, 0.5) is 0 Å². The fourth-order valence-electron chi connectivity index (χ4n) is 2.25. The molecule has 0 aliphatic carbocycles. The van der Waals surface area contributed by atoms with E-state index in [0.29, 0.717) is 6.10 Å². The van der Waals surface area contributed by atoms with Gasteiger partial charge in [-0.1, -0.05) is 13.8 Å². The monoisotopic (exact) mass is 169 g/mol. The van der Waals surface area contributed by atoms with Crippen LogP contribution in [0.1, 0.15) is 26.7 Å². The minimum atomic E-state index is 0.589. The van der Waals surface area contributed by atoms with Gasteiger partial charge in [-0.3, -0.25) is 4.90 Å². The van der Waals surface area contributed by atoms with Crippen LogP contribution in [0.2, 0.25) is 0 Å². The number of hydrogen-bond donors (Lipinski definition) is 0. The Morgan fingerprint density at radius 3 is 2.83 bits per heavy atom. The molecule has 2 rings (SSSR count). The molecule has 0 aromatic heterocycles. The van der Waals surface area contributed by atoms with Crippen LogP contribution in [0.15, 0.2) is 0 Å². The Morgan fingerprint density at radius 1 is 1.50 bits per heavy atom. The first-order chi connectivity index (χ1) is 5.77. The third-order valence-electron chi connectivity index (χ3n) is 2.80. The minimum Gasteiger partial charge on any atom is -0.371 e. The molecule has 0 saturated carbocycles. The van der Waals surface area contributed by atoms with Crippen molar-refractivity contribution in [2.24, 2.45) is 5.92 Å². The lowest BCUT2D eigenvalue weighted by Crippen LogP contribution is -2.36. The second kappa shape index (κ2) is 3.35. The summed E-state index contributed by atoms with van der Waals surface area (Å²) < 4.78 is 5.36. The highest BCUT2D eigenvalue weighted by molar-refractivity contribution is 4.91. The molecule has 0 spiro atoms. The summed E-state index contributed by atoms with van der Waals surface area (Å²) >= 11 is 0. The Labute approximate surface area is 74.9 Å². The Balaban J connectivity index is 1.85. The zero-order chi connectivity index (χ0) is 8.55. The molecule has 2 aliphatic heterocycles. The summed E-state index contributed by atoms with van der Waals surface area (Å²) in [5, 5.41) is 0. The molecular formula is C10H19NO. The summed E-state index contributed by atoms with van der Waals surface area (Å²) in [6.45, 7) is 8.15. The summed E-state index contributed by atoms with van der Waals surface area (Å²) in [4.78, 5) is 2.61. The van der Waals surface area contributed by atoms with Crippen LogP contribution in [0.25, 0.3) is 0 Å². The van der Waals surface area contributed by atoms with Gasteiger partial charge in [0, 0.05) is 12.6 Å². The first kappa shape index (κ1) is 8.52. The first-order valence-electron chi connectivity index (χ1n) is 5.13. The molecule has 0 aromatic carbocycles. The van der Waals surface area contributed by atoms with Crippen molar-refractivity contribution in [3.05, 3.63) is 0 Å². The molecule has 0 radical (unpaired) electrons. The van der Waals surface area contributed by atoms with E-state index in [-0.39, 0.29) is 0 Å². The van der Waals surface area contributed by atoms with E-state index in [1.54, 1.807) is 0 Å². The zero-order valence-electron chi connectivity index (χ0n) is 8.12. The fraction of sp³-hybridized carbons (Fsp3) is 1.00. The number of hydrogen-bond acceptors (Lipinski definition) is 2. The van der Waals surface area contributed by atoms with Gasteiger partial charge in [0.05, 0.1) is 12.7 Å². The van der Waals surface area contributed by atoms with Gasteiger partial charge in [-0.25, -0.2) is 0 Å². The average molecular weight is 169 g/mol. The van der Waals surface area contributed by atoms with Gasteiger partial charge in [0.15, 0.2) is 0 Å². The van der Waals surface area contributed by atoms with Crippen molar-refractivity contribution < 1.29 is 4.74 Å². The van der Waals surface area contributed by atoms with Crippen molar-refractivity contribution >= 4 is 0 Å². The third-order valence-corrected chi connectivity index (χ3v) is 2.80. The van der Waals surface area contributed by atoms with Crippen molar-refractivity contribution in [1.82, 2.24) is 4.90 Å². The van der Waals surface area contributed by atoms with Gasteiger partial charge in [0.25, 0.3) is 0 Å². The highest BCUT2D eigenvalue weighted by Crippen LogP contribution is 2.28. The quantitative estimate of drug-likeness (QED) is 0.595.